The quantitative estimate of drug-likeness (QED) is 0.293. The lowest BCUT2D eigenvalue weighted by Crippen LogP contribution is -2.22. The van der Waals surface area contributed by atoms with Crippen molar-refractivity contribution in [3.8, 4) is 28.2 Å². The van der Waals surface area contributed by atoms with Gasteiger partial charge in [0.15, 0.2) is 11.9 Å². The minimum atomic E-state index is -1.02. The molecule has 0 saturated heterocycles. The molecule has 1 aromatic heterocycles. The first-order chi connectivity index (χ1) is 17.3. The summed E-state index contributed by atoms with van der Waals surface area (Å²) in [6.07, 6.45) is -1.95. The van der Waals surface area contributed by atoms with Crippen LogP contribution in [-0.4, -0.2) is 28.4 Å². The zero-order valence-electron chi connectivity index (χ0n) is 20.1. The van der Waals surface area contributed by atoms with Crippen molar-refractivity contribution in [3.63, 3.8) is 0 Å². The summed E-state index contributed by atoms with van der Waals surface area (Å²) in [7, 11) is 0. The highest BCUT2D eigenvalue weighted by molar-refractivity contribution is 5.91. The van der Waals surface area contributed by atoms with E-state index in [4.69, 9.17) is 19.1 Å². The fourth-order valence-electron chi connectivity index (χ4n) is 3.59. The van der Waals surface area contributed by atoms with Crippen molar-refractivity contribution in [2.24, 2.45) is 0 Å². The molecular weight excluding hydrogens is 460 g/mol. The van der Waals surface area contributed by atoms with Gasteiger partial charge in [0, 0.05) is 5.56 Å². The van der Waals surface area contributed by atoms with Gasteiger partial charge in [-0.2, -0.15) is 0 Å². The molecular formula is C28H26N2O6. The minimum absolute atomic E-state index is 0.418. The maximum absolute atomic E-state index is 12.6. The van der Waals surface area contributed by atoms with Crippen LogP contribution in [0.3, 0.4) is 0 Å². The van der Waals surface area contributed by atoms with Gasteiger partial charge in [-0.25, -0.2) is 9.59 Å². The molecule has 0 fully saturated rings. The summed E-state index contributed by atoms with van der Waals surface area (Å²) in [5, 5.41) is 15.8. The molecule has 0 aliphatic carbocycles. The molecule has 184 valence electrons. The van der Waals surface area contributed by atoms with Crippen LogP contribution in [0.2, 0.25) is 0 Å². The normalized spacial score (nSPS) is 12.4. The predicted octanol–water partition coefficient (Wildman–Crippen LogP) is 6.48. The Hall–Kier alpha value is -4.59. The first kappa shape index (κ1) is 24.5. The van der Waals surface area contributed by atoms with Crippen LogP contribution in [0.15, 0.2) is 83.4 Å². The highest BCUT2D eigenvalue weighted by Crippen LogP contribution is 2.33. The van der Waals surface area contributed by atoms with Crippen molar-refractivity contribution >= 4 is 17.7 Å². The lowest BCUT2D eigenvalue weighted by molar-refractivity contribution is -0.144. The molecule has 4 rings (SSSR count). The number of nitrogens with zero attached hydrogens (tertiary/aromatic N) is 1. The van der Waals surface area contributed by atoms with Crippen LogP contribution in [0, 0.1) is 6.92 Å². The van der Waals surface area contributed by atoms with Gasteiger partial charge in [-0.15, -0.1) is 0 Å². The summed E-state index contributed by atoms with van der Waals surface area (Å²) in [6.45, 7) is 5.03. The van der Waals surface area contributed by atoms with Crippen LogP contribution >= 0.6 is 0 Å². The van der Waals surface area contributed by atoms with E-state index in [1.165, 1.54) is 6.92 Å². The SMILES string of the molecule is Cc1noc(-c2ccc(-c3ccc(OC(C)C(=O)O)cc3)cc2)c1NC(=O)OC(C)c1ccccc1. The Morgan fingerprint density at radius 2 is 1.47 bits per heavy atom. The smallest absolute Gasteiger partial charge is 0.412 e. The number of hydrogen-bond donors (Lipinski definition) is 2. The summed E-state index contributed by atoms with van der Waals surface area (Å²) < 4.78 is 16.4. The Balaban J connectivity index is 1.46. The summed E-state index contributed by atoms with van der Waals surface area (Å²) in [5.41, 5.74) is 4.48. The van der Waals surface area contributed by atoms with E-state index in [0.717, 1.165) is 22.3 Å². The lowest BCUT2D eigenvalue weighted by Gasteiger charge is -2.14. The molecule has 1 heterocycles. The monoisotopic (exact) mass is 486 g/mol. The van der Waals surface area contributed by atoms with Crippen molar-refractivity contribution in [3.05, 3.63) is 90.1 Å². The van der Waals surface area contributed by atoms with Gasteiger partial charge in [0.2, 0.25) is 0 Å². The number of aliphatic carboxylic acids is 1. The molecule has 1 amide bonds. The number of carboxylic acid groups (broad SMARTS) is 1. The molecule has 0 bridgehead atoms. The van der Waals surface area contributed by atoms with E-state index in [1.54, 1.807) is 26.0 Å². The number of benzene rings is 3. The third kappa shape index (κ3) is 5.72. The second-order valence-corrected chi connectivity index (χ2v) is 8.26. The molecule has 4 aromatic rings. The van der Waals surface area contributed by atoms with Crippen molar-refractivity contribution in [1.82, 2.24) is 5.16 Å². The highest BCUT2D eigenvalue weighted by Gasteiger charge is 2.20. The third-order valence-corrected chi connectivity index (χ3v) is 5.64. The maximum atomic E-state index is 12.6. The van der Waals surface area contributed by atoms with Gasteiger partial charge >= 0.3 is 12.1 Å². The van der Waals surface area contributed by atoms with Gasteiger partial charge in [-0.1, -0.05) is 71.9 Å². The number of carboxylic acids is 1. The van der Waals surface area contributed by atoms with Crippen LogP contribution in [0.1, 0.15) is 31.2 Å². The number of amides is 1. The van der Waals surface area contributed by atoms with E-state index in [-0.39, 0.29) is 0 Å². The van der Waals surface area contributed by atoms with E-state index in [2.05, 4.69) is 10.5 Å². The second-order valence-electron chi connectivity index (χ2n) is 8.26. The largest absolute Gasteiger partial charge is 0.479 e. The van der Waals surface area contributed by atoms with Crippen LogP contribution < -0.4 is 10.1 Å². The summed E-state index contributed by atoms with van der Waals surface area (Å²) in [5.74, 6) is -0.119. The number of aryl methyl sites for hydroxylation is 1. The molecule has 2 N–H and O–H groups in total. The van der Waals surface area contributed by atoms with Crippen molar-refractivity contribution in [2.45, 2.75) is 33.0 Å². The molecule has 8 heteroatoms. The number of carbonyl (C=O) groups is 2. The van der Waals surface area contributed by atoms with Gasteiger partial charge in [-0.05, 0) is 49.6 Å². The first-order valence-corrected chi connectivity index (χ1v) is 11.4. The molecule has 0 saturated carbocycles. The van der Waals surface area contributed by atoms with E-state index in [0.29, 0.717) is 22.9 Å². The maximum Gasteiger partial charge on any atom is 0.412 e. The zero-order chi connectivity index (χ0) is 25.7. The average molecular weight is 487 g/mol. The molecule has 0 aliphatic heterocycles. The number of aromatic nitrogens is 1. The average Bonchev–Trinajstić information content (AvgIpc) is 3.24. The van der Waals surface area contributed by atoms with E-state index >= 15 is 0 Å². The van der Waals surface area contributed by atoms with Crippen LogP contribution in [0.5, 0.6) is 5.75 Å². The fourth-order valence-corrected chi connectivity index (χ4v) is 3.59. The van der Waals surface area contributed by atoms with Crippen molar-refractivity contribution < 1.29 is 28.7 Å². The van der Waals surface area contributed by atoms with Crippen LogP contribution in [0.25, 0.3) is 22.5 Å². The Labute approximate surface area is 208 Å². The Morgan fingerprint density at radius 3 is 2.08 bits per heavy atom. The molecule has 0 aliphatic rings. The number of anilines is 1. The topological polar surface area (TPSA) is 111 Å². The summed E-state index contributed by atoms with van der Waals surface area (Å²) >= 11 is 0. The fraction of sp³-hybridized carbons (Fsp3) is 0.179. The third-order valence-electron chi connectivity index (χ3n) is 5.64. The molecule has 2 atom stereocenters. The second kappa shape index (κ2) is 10.8. The summed E-state index contributed by atoms with van der Waals surface area (Å²) in [6, 6.07) is 24.2. The standard InChI is InChI=1S/C28H26N2O6/c1-17-25(29-28(33)35-18(2)20-7-5-4-6-8-20)26(36-30-17)23-11-9-21(10-12-23)22-13-15-24(16-14-22)34-19(3)27(31)32/h4-16,18-19H,1-3H3,(H,29,33)(H,31,32). The Kier molecular flexibility index (Phi) is 7.34. The molecule has 8 nitrogen and oxygen atoms in total. The first-order valence-electron chi connectivity index (χ1n) is 11.4. The number of nitrogens with one attached hydrogen (secondary N) is 1. The number of carbonyl (C=O) groups excluding carboxylic acids is 1. The molecule has 0 radical (unpaired) electrons. The number of rotatable bonds is 8. The van der Waals surface area contributed by atoms with Gasteiger partial charge < -0.3 is 19.1 Å². The van der Waals surface area contributed by atoms with E-state index in [1.807, 2.05) is 66.7 Å². The zero-order valence-corrected chi connectivity index (χ0v) is 20.1. The van der Waals surface area contributed by atoms with Gasteiger partial charge in [-0.3, -0.25) is 5.32 Å². The van der Waals surface area contributed by atoms with Crippen LogP contribution in [0.4, 0.5) is 10.5 Å². The Bertz CT molecular complexity index is 1330. The number of ether oxygens (including phenoxy) is 2. The summed E-state index contributed by atoms with van der Waals surface area (Å²) in [4.78, 5) is 23.5. The van der Waals surface area contributed by atoms with Gasteiger partial charge in [0.25, 0.3) is 0 Å². The van der Waals surface area contributed by atoms with E-state index in [9.17, 15) is 9.59 Å². The molecule has 0 spiro atoms. The van der Waals surface area contributed by atoms with Crippen molar-refractivity contribution in [1.29, 1.82) is 0 Å². The lowest BCUT2D eigenvalue weighted by atomic mass is 10.0. The molecule has 36 heavy (non-hydrogen) atoms. The number of hydrogen-bond acceptors (Lipinski definition) is 6. The van der Waals surface area contributed by atoms with Crippen molar-refractivity contribution in [2.75, 3.05) is 5.32 Å². The minimum Gasteiger partial charge on any atom is -0.479 e. The highest BCUT2D eigenvalue weighted by atomic mass is 16.6. The van der Waals surface area contributed by atoms with Crippen LogP contribution in [-0.2, 0) is 9.53 Å². The molecule has 3 aromatic carbocycles. The van der Waals surface area contributed by atoms with E-state index < -0.39 is 24.3 Å². The predicted molar refractivity (Wildman–Crippen MR) is 135 cm³/mol. The molecule has 2 unspecified atom stereocenters. The van der Waals surface area contributed by atoms with Gasteiger partial charge in [0.05, 0.1) is 0 Å². The van der Waals surface area contributed by atoms with Gasteiger partial charge in [0.1, 0.15) is 23.2 Å². The Morgan fingerprint density at radius 1 is 0.889 bits per heavy atom.